The Bertz CT molecular complexity index is 1890. The number of imide groups is 2. The van der Waals surface area contributed by atoms with Crippen molar-refractivity contribution in [2.24, 2.45) is 5.92 Å². The number of benzene rings is 2. The van der Waals surface area contributed by atoms with Crippen molar-refractivity contribution in [3.63, 3.8) is 0 Å². The van der Waals surface area contributed by atoms with E-state index in [-0.39, 0.29) is 29.9 Å². The molecule has 1 unspecified atom stereocenters. The molecule has 3 fully saturated rings. The first-order valence-electron chi connectivity index (χ1n) is 16.0. The van der Waals surface area contributed by atoms with Gasteiger partial charge in [-0.2, -0.15) is 5.10 Å². The molecule has 3 aliphatic heterocycles. The number of carbonyl (C=O) groups is 4. The van der Waals surface area contributed by atoms with Crippen LogP contribution in [0.15, 0.2) is 55.0 Å². The molecule has 4 aliphatic rings. The summed E-state index contributed by atoms with van der Waals surface area (Å²) in [6.45, 7) is 2.72. The average molecular weight is 619 g/mol. The number of rotatable bonds is 9. The van der Waals surface area contributed by atoms with Gasteiger partial charge in [-0.1, -0.05) is 12.1 Å². The number of hydrogen-bond donors (Lipinski definition) is 3. The van der Waals surface area contributed by atoms with Crippen LogP contribution in [0.5, 0.6) is 0 Å². The van der Waals surface area contributed by atoms with Crippen molar-refractivity contribution in [3.8, 4) is 11.3 Å². The fourth-order valence-electron chi connectivity index (χ4n) is 7.07. The van der Waals surface area contributed by atoms with Gasteiger partial charge in [0.25, 0.3) is 11.8 Å². The highest BCUT2D eigenvalue weighted by Crippen LogP contribution is 2.40. The van der Waals surface area contributed by atoms with Crippen LogP contribution in [0.25, 0.3) is 22.3 Å². The molecule has 4 amide bonds. The second-order valence-electron chi connectivity index (χ2n) is 12.8. The minimum absolute atomic E-state index is 0.0985. The van der Waals surface area contributed by atoms with Crippen LogP contribution in [0, 0.1) is 5.92 Å². The lowest BCUT2D eigenvalue weighted by molar-refractivity contribution is -0.136. The van der Waals surface area contributed by atoms with Gasteiger partial charge in [-0.25, -0.2) is 4.98 Å². The zero-order valence-corrected chi connectivity index (χ0v) is 25.2. The number of nitrogens with one attached hydrogen (secondary N) is 3. The molecule has 1 saturated carbocycles. The minimum atomic E-state index is -0.962. The quantitative estimate of drug-likeness (QED) is 0.189. The molecule has 12 heteroatoms. The highest BCUT2D eigenvalue weighted by atomic mass is 16.2. The molecular weight excluding hydrogens is 584 g/mol. The monoisotopic (exact) mass is 618 g/mol. The Kier molecular flexibility index (Phi) is 7.08. The minimum Gasteiger partial charge on any atom is -0.385 e. The Balaban J connectivity index is 0.820. The number of piperidine rings is 1. The van der Waals surface area contributed by atoms with E-state index in [1.165, 1.54) is 5.56 Å². The van der Waals surface area contributed by atoms with Gasteiger partial charge in [0, 0.05) is 49.4 Å². The highest BCUT2D eigenvalue weighted by molar-refractivity contribution is 6.23. The van der Waals surface area contributed by atoms with Gasteiger partial charge < -0.3 is 10.6 Å². The highest BCUT2D eigenvalue weighted by Gasteiger charge is 2.44. The van der Waals surface area contributed by atoms with E-state index in [1.54, 1.807) is 18.2 Å². The maximum atomic E-state index is 13.1. The standard InChI is InChI=1S/C34H34N8O4/c43-30-9-8-29(32(44)40-30)42-33(45)25-7-6-22(13-26(25)34(42)46)36-10-2-3-19-11-23(12-19)41-18-21(16-38-41)28-17-37-31-24(20-14-35-15-20)4-1-5-27(31)39-28/h1,4-7,13,16-20,23,29,35-36H,2-3,8-12,14-15H2,(H,40,43,44). The van der Waals surface area contributed by atoms with E-state index in [2.05, 4.69) is 44.1 Å². The third-order valence-corrected chi connectivity index (χ3v) is 9.86. The molecule has 2 aromatic heterocycles. The Labute approximate surface area is 265 Å². The molecular formula is C34H34N8O4. The van der Waals surface area contributed by atoms with Crippen LogP contribution in [0.3, 0.4) is 0 Å². The number of aromatic nitrogens is 4. The number of amides is 4. The summed E-state index contributed by atoms with van der Waals surface area (Å²) in [6, 6.07) is 10.8. The molecule has 0 bridgehead atoms. The Morgan fingerprint density at radius 3 is 2.63 bits per heavy atom. The molecule has 1 atom stereocenters. The van der Waals surface area contributed by atoms with Gasteiger partial charge in [0.15, 0.2) is 0 Å². The molecule has 46 heavy (non-hydrogen) atoms. The molecule has 1 aliphatic carbocycles. The lowest BCUT2D eigenvalue weighted by Crippen LogP contribution is -2.54. The summed E-state index contributed by atoms with van der Waals surface area (Å²) >= 11 is 0. The third kappa shape index (κ3) is 5.02. The molecule has 0 spiro atoms. The van der Waals surface area contributed by atoms with Crippen LogP contribution in [-0.4, -0.2) is 74.0 Å². The lowest BCUT2D eigenvalue weighted by Gasteiger charge is -2.35. The van der Waals surface area contributed by atoms with Gasteiger partial charge in [0.05, 0.1) is 46.3 Å². The van der Waals surface area contributed by atoms with E-state index in [1.807, 2.05) is 18.5 Å². The maximum absolute atomic E-state index is 13.1. The van der Waals surface area contributed by atoms with Crippen molar-refractivity contribution in [1.29, 1.82) is 0 Å². The van der Waals surface area contributed by atoms with Gasteiger partial charge in [0.2, 0.25) is 11.8 Å². The summed E-state index contributed by atoms with van der Waals surface area (Å²) in [5.74, 6) is -0.855. The first-order valence-corrected chi connectivity index (χ1v) is 16.0. The molecule has 8 rings (SSSR count). The first-order chi connectivity index (χ1) is 22.4. The van der Waals surface area contributed by atoms with Gasteiger partial charge in [-0.05, 0) is 67.9 Å². The van der Waals surface area contributed by atoms with Crippen LogP contribution >= 0.6 is 0 Å². The molecule has 234 valence electrons. The molecule has 2 aromatic carbocycles. The van der Waals surface area contributed by atoms with Crippen LogP contribution < -0.4 is 16.0 Å². The Morgan fingerprint density at radius 2 is 1.83 bits per heavy atom. The smallest absolute Gasteiger partial charge is 0.262 e. The van der Waals surface area contributed by atoms with Crippen molar-refractivity contribution < 1.29 is 19.2 Å². The van der Waals surface area contributed by atoms with Crippen molar-refractivity contribution in [1.82, 2.24) is 35.3 Å². The topological polar surface area (TPSA) is 151 Å². The summed E-state index contributed by atoms with van der Waals surface area (Å²) in [5.41, 5.74) is 6.31. The van der Waals surface area contributed by atoms with Crippen LogP contribution in [0.2, 0.25) is 0 Å². The van der Waals surface area contributed by atoms with Crippen LogP contribution in [0.1, 0.15) is 76.8 Å². The zero-order chi connectivity index (χ0) is 31.4. The normalized spacial score (nSPS) is 22.9. The van der Waals surface area contributed by atoms with E-state index in [0.717, 1.165) is 78.2 Å². The average Bonchev–Trinajstić information content (AvgIpc) is 3.58. The molecule has 3 N–H and O–H groups in total. The summed E-state index contributed by atoms with van der Waals surface area (Å²) < 4.78 is 2.06. The van der Waals surface area contributed by atoms with E-state index in [4.69, 9.17) is 9.97 Å². The summed E-state index contributed by atoms with van der Waals surface area (Å²) in [5, 5.41) is 13.6. The summed E-state index contributed by atoms with van der Waals surface area (Å²) in [7, 11) is 0. The Hall–Kier alpha value is -4.97. The largest absolute Gasteiger partial charge is 0.385 e. The SMILES string of the molecule is O=C1CCC(N2C(=O)c3ccc(NCCCC4CC(n5cc(-c6cnc7c(C8CNC8)cccc7n6)cn5)C4)cc3C2=O)C(=O)N1. The molecule has 0 radical (unpaired) electrons. The van der Waals surface area contributed by atoms with E-state index < -0.39 is 23.8 Å². The number of fused-ring (bicyclic) bond motifs is 2. The van der Waals surface area contributed by atoms with Gasteiger partial charge in [-0.15, -0.1) is 0 Å². The van der Waals surface area contributed by atoms with E-state index in [9.17, 15) is 19.2 Å². The summed E-state index contributed by atoms with van der Waals surface area (Å²) in [6.07, 6.45) is 10.3. The van der Waals surface area contributed by atoms with Crippen molar-refractivity contribution in [2.75, 3.05) is 25.0 Å². The van der Waals surface area contributed by atoms with Gasteiger partial charge in [-0.3, -0.25) is 39.1 Å². The number of hydrogen-bond acceptors (Lipinski definition) is 9. The second-order valence-corrected chi connectivity index (χ2v) is 12.8. The van der Waals surface area contributed by atoms with Crippen LogP contribution in [0.4, 0.5) is 5.69 Å². The lowest BCUT2D eigenvalue weighted by atomic mass is 9.77. The fourth-order valence-corrected chi connectivity index (χ4v) is 7.07. The van der Waals surface area contributed by atoms with Gasteiger partial charge in [0.1, 0.15) is 6.04 Å². The number of nitrogens with zero attached hydrogens (tertiary/aromatic N) is 5. The number of para-hydroxylation sites is 1. The maximum Gasteiger partial charge on any atom is 0.262 e. The van der Waals surface area contributed by atoms with Crippen LogP contribution in [-0.2, 0) is 9.59 Å². The first kappa shape index (κ1) is 28.5. The Morgan fingerprint density at radius 1 is 0.978 bits per heavy atom. The zero-order valence-electron chi connectivity index (χ0n) is 25.2. The fraction of sp³-hybridized carbons (Fsp3) is 0.382. The predicted octanol–water partition coefficient (Wildman–Crippen LogP) is 3.42. The molecule has 12 nitrogen and oxygen atoms in total. The second kappa shape index (κ2) is 11.4. The molecule has 4 aromatic rings. The van der Waals surface area contributed by atoms with Gasteiger partial charge >= 0.3 is 0 Å². The predicted molar refractivity (Wildman–Crippen MR) is 169 cm³/mol. The van der Waals surface area contributed by atoms with Crippen molar-refractivity contribution in [2.45, 2.75) is 56.5 Å². The van der Waals surface area contributed by atoms with E-state index >= 15 is 0 Å². The summed E-state index contributed by atoms with van der Waals surface area (Å²) in [4.78, 5) is 60.5. The molecule has 2 saturated heterocycles. The van der Waals surface area contributed by atoms with Crippen molar-refractivity contribution >= 4 is 40.3 Å². The number of anilines is 1. The van der Waals surface area contributed by atoms with Crippen molar-refractivity contribution in [3.05, 3.63) is 71.7 Å². The number of carbonyl (C=O) groups excluding carboxylic acids is 4. The third-order valence-electron chi connectivity index (χ3n) is 9.86. The molecule has 5 heterocycles. The van der Waals surface area contributed by atoms with E-state index in [0.29, 0.717) is 17.9 Å².